The highest BCUT2D eigenvalue weighted by Crippen LogP contribution is 2.27. The fourth-order valence-corrected chi connectivity index (χ4v) is 5.43. The van der Waals surface area contributed by atoms with Crippen LogP contribution in [-0.4, -0.2) is 38.8 Å². The number of amides is 1. The number of piperidine rings is 1. The van der Waals surface area contributed by atoms with Crippen LogP contribution in [0.1, 0.15) is 30.6 Å². The number of nitrogens with zero attached hydrogens (tertiary/aromatic N) is 2. The fraction of sp³-hybridized carbons (Fsp3) is 0.381. The number of benzene rings is 2. The highest BCUT2D eigenvalue weighted by Gasteiger charge is 2.31. The molecule has 2 aromatic carbocycles. The lowest BCUT2D eigenvalue weighted by molar-refractivity contribution is 0.0992. The maximum Gasteiger partial charge on any atom is 0.258 e. The predicted octanol–water partition coefficient (Wildman–Crippen LogP) is 3.77. The minimum absolute atomic E-state index is 0.166. The Kier molecular flexibility index (Phi) is 5.86. The largest absolute Gasteiger partial charge is 0.309 e. The van der Waals surface area contributed by atoms with E-state index in [0.717, 1.165) is 6.42 Å². The summed E-state index contributed by atoms with van der Waals surface area (Å²) in [6.07, 6.45) is 1.02. The summed E-state index contributed by atoms with van der Waals surface area (Å²) in [6.45, 7) is 5.11. The van der Waals surface area contributed by atoms with Gasteiger partial charge in [-0.15, -0.1) is 0 Å². The monoisotopic (exact) mass is 404 g/mol. The van der Waals surface area contributed by atoms with Crippen molar-refractivity contribution >= 4 is 21.6 Å². The van der Waals surface area contributed by atoms with E-state index < -0.39 is 21.7 Å². The molecule has 0 aromatic heterocycles. The standard InChI is InChI=1S/C21H25FN2O3S/c1-15-12-16(2)14-24(13-15)28(26,27)18-10-8-17(9-11-18)21(25)23(3)20-7-5-4-6-19(20)22/h4-11,15-16H,12-14H2,1-3H3. The quantitative estimate of drug-likeness (QED) is 0.779. The minimum atomic E-state index is -3.60. The van der Waals surface area contributed by atoms with Crippen LogP contribution in [0.25, 0.3) is 0 Å². The van der Waals surface area contributed by atoms with Gasteiger partial charge in [0.1, 0.15) is 5.82 Å². The van der Waals surface area contributed by atoms with Crippen LogP contribution in [0.5, 0.6) is 0 Å². The Morgan fingerprint density at radius 3 is 2.18 bits per heavy atom. The number of carbonyl (C=O) groups excluding carboxylic acids is 1. The number of anilines is 1. The molecule has 0 radical (unpaired) electrons. The van der Waals surface area contributed by atoms with E-state index in [1.807, 2.05) is 0 Å². The number of para-hydroxylation sites is 1. The van der Waals surface area contributed by atoms with Crippen molar-refractivity contribution in [3.63, 3.8) is 0 Å². The molecule has 2 unspecified atom stereocenters. The number of rotatable bonds is 4. The van der Waals surface area contributed by atoms with Gasteiger partial charge < -0.3 is 4.90 Å². The third-order valence-electron chi connectivity index (χ3n) is 5.09. The summed E-state index contributed by atoms with van der Waals surface area (Å²) < 4.78 is 41.3. The van der Waals surface area contributed by atoms with Crippen molar-refractivity contribution < 1.29 is 17.6 Å². The van der Waals surface area contributed by atoms with Crippen LogP contribution >= 0.6 is 0 Å². The van der Waals surface area contributed by atoms with Crippen molar-refractivity contribution in [3.05, 3.63) is 59.9 Å². The Morgan fingerprint density at radius 1 is 1.04 bits per heavy atom. The lowest BCUT2D eigenvalue weighted by Gasteiger charge is -2.34. The number of sulfonamides is 1. The molecular weight excluding hydrogens is 379 g/mol. The summed E-state index contributed by atoms with van der Waals surface area (Å²) in [7, 11) is -2.11. The van der Waals surface area contributed by atoms with E-state index in [1.54, 1.807) is 12.1 Å². The first-order valence-corrected chi connectivity index (χ1v) is 10.8. The van der Waals surface area contributed by atoms with E-state index in [0.29, 0.717) is 30.5 Å². The van der Waals surface area contributed by atoms with Gasteiger partial charge in [0.2, 0.25) is 10.0 Å². The second-order valence-electron chi connectivity index (χ2n) is 7.61. The van der Waals surface area contributed by atoms with Crippen LogP contribution in [0.15, 0.2) is 53.4 Å². The average molecular weight is 405 g/mol. The van der Waals surface area contributed by atoms with Gasteiger partial charge in [-0.2, -0.15) is 4.31 Å². The van der Waals surface area contributed by atoms with Gasteiger partial charge in [-0.3, -0.25) is 4.79 Å². The van der Waals surface area contributed by atoms with Gasteiger partial charge in [0.05, 0.1) is 10.6 Å². The molecule has 0 bridgehead atoms. The Bertz CT molecular complexity index is 950. The van der Waals surface area contributed by atoms with Gasteiger partial charge in [0.15, 0.2) is 0 Å². The second kappa shape index (κ2) is 8.01. The third kappa shape index (κ3) is 4.10. The first kappa shape index (κ1) is 20.5. The van der Waals surface area contributed by atoms with Crippen LogP contribution in [0.3, 0.4) is 0 Å². The molecule has 0 spiro atoms. The molecule has 5 nitrogen and oxygen atoms in total. The highest BCUT2D eigenvalue weighted by molar-refractivity contribution is 7.89. The molecule has 1 fully saturated rings. The lowest BCUT2D eigenvalue weighted by Crippen LogP contribution is -2.42. The number of hydrogen-bond acceptors (Lipinski definition) is 3. The third-order valence-corrected chi connectivity index (χ3v) is 6.94. The summed E-state index contributed by atoms with van der Waals surface area (Å²) in [5.74, 6) is -0.275. The zero-order valence-corrected chi connectivity index (χ0v) is 17.1. The highest BCUT2D eigenvalue weighted by atomic mass is 32.2. The van der Waals surface area contributed by atoms with E-state index >= 15 is 0 Å². The van der Waals surface area contributed by atoms with Gasteiger partial charge in [0, 0.05) is 25.7 Å². The molecule has 1 aliphatic heterocycles. The molecule has 0 saturated carbocycles. The van der Waals surface area contributed by atoms with E-state index in [4.69, 9.17) is 0 Å². The first-order chi connectivity index (χ1) is 13.2. The number of carbonyl (C=O) groups is 1. The molecule has 28 heavy (non-hydrogen) atoms. The summed E-state index contributed by atoms with van der Waals surface area (Å²) in [4.78, 5) is 14.0. The topological polar surface area (TPSA) is 57.7 Å². The Labute approximate surface area is 165 Å². The van der Waals surface area contributed by atoms with Crippen molar-refractivity contribution in [2.24, 2.45) is 11.8 Å². The van der Waals surface area contributed by atoms with Gasteiger partial charge in [0.25, 0.3) is 5.91 Å². The first-order valence-electron chi connectivity index (χ1n) is 9.33. The lowest BCUT2D eigenvalue weighted by atomic mass is 9.94. The molecule has 2 atom stereocenters. The zero-order valence-electron chi connectivity index (χ0n) is 16.3. The second-order valence-corrected chi connectivity index (χ2v) is 9.55. The van der Waals surface area contributed by atoms with Gasteiger partial charge in [-0.05, 0) is 54.7 Å². The van der Waals surface area contributed by atoms with E-state index in [1.165, 1.54) is 52.7 Å². The fourth-order valence-electron chi connectivity index (χ4n) is 3.75. The van der Waals surface area contributed by atoms with Crippen molar-refractivity contribution in [2.75, 3.05) is 25.0 Å². The van der Waals surface area contributed by atoms with E-state index in [2.05, 4.69) is 13.8 Å². The predicted molar refractivity (Wildman–Crippen MR) is 107 cm³/mol. The minimum Gasteiger partial charge on any atom is -0.309 e. The Balaban J connectivity index is 1.81. The molecule has 1 amide bonds. The van der Waals surface area contributed by atoms with Gasteiger partial charge in [-0.1, -0.05) is 26.0 Å². The van der Waals surface area contributed by atoms with Crippen LogP contribution in [-0.2, 0) is 10.0 Å². The van der Waals surface area contributed by atoms with Crippen molar-refractivity contribution in [1.82, 2.24) is 4.31 Å². The summed E-state index contributed by atoms with van der Waals surface area (Å²) >= 11 is 0. The maximum atomic E-state index is 13.9. The molecule has 1 saturated heterocycles. The molecule has 7 heteroatoms. The molecule has 2 aromatic rings. The van der Waals surface area contributed by atoms with Crippen molar-refractivity contribution in [1.29, 1.82) is 0 Å². The van der Waals surface area contributed by atoms with Crippen LogP contribution in [0.2, 0.25) is 0 Å². The normalized spacial score (nSPS) is 20.7. The smallest absolute Gasteiger partial charge is 0.258 e. The summed E-state index contributed by atoms with van der Waals surface area (Å²) in [5, 5.41) is 0. The van der Waals surface area contributed by atoms with E-state index in [9.17, 15) is 17.6 Å². The zero-order chi connectivity index (χ0) is 20.5. The average Bonchev–Trinajstić information content (AvgIpc) is 2.66. The van der Waals surface area contributed by atoms with Crippen molar-refractivity contribution in [2.45, 2.75) is 25.2 Å². The number of hydrogen-bond donors (Lipinski definition) is 0. The van der Waals surface area contributed by atoms with Crippen LogP contribution in [0, 0.1) is 17.7 Å². The Morgan fingerprint density at radius 2 is 1.61 bits per heavy atom. The molecule has 1 aliphatic rings. The van der Waals surface area contributed by atoms with Crippen LogP contribution in [0.4, 0.5) is 10.1 Å². The van der Waals surface area contributed by atoms with Crippen molar-refractivity contribution in [3.8, 4) is 0 Å². The van der Waals surface area contributed by atoms with E-state index in [-0.39, 0.29) is 10.6 Å². The molecule has 150 valence electrons. The maximum absolute atomic E-state index is 13.9. The molecule has 1 heterocycles. The molecule has 3 rings (SSSR count). The summed E-state index contributed by atoms with van der Waals surface area (Å²) in [6, 6.07) is 11.9. The Hall–Kier alpha value is -2.25. The van der Waals surface area contributed by atoms with Gasteiger partial charge in [-0.25, -0.2) is 12.8 Å². The number of halogens is 1. The molecular formula is C21H25FN2O3S. The van der Waals surface area contributed by atoms with Gasteiger partial charge >= 0.3 is 0 Å². The summed E-state index contributed by atoms with van der Waals surface area (Å²) in [5.41, 5.74) is 0.463. The molecule has 0 N–H and O–H groups in total. The molecule has 0 aliphatic carbocycles. The SMILES string of the molecule is CC1CC(C)CN(S(=O)(=O)c2ccc(C(=O)N(C)c3ccccc3F)cc2)C1. The van der Waals surface area contributed by atoms with Crippen LogP contribution < -0.4 is 4.90 Å².